The standard InChI is InChI=1S/C10H17NO2.C2H2O4/c1-4-13-10(12)9-6-5-8(2)11(3)7-9;3-1(4)2(5)6/h6,8H,4-5,7H2,1-3H3;(H,3,4)(H,5,6). The molecular weight excluding hydrogens is 254 g/mol. The number of hydrogen-bond acceptors (Lipinski definition) is 5. The van der Waals surface area contributed by atoms with E-state index in [0.717, 1.165) is 12.0 Å². The van der Waals surface area contributed by atoms with Crippen LogP contribution in [0.25, 0.3) is 0 Å². The summed E-state index contributed by atoms with van der Waals surface area (Å²) in [6.45, 7) is 5.14. The second-order valence-corrected chi connectivity index (χ2v) is 4.06. The lowest BCUT2D eigenvalue weighted by molar-refractivity contribution is -0.159. The van der Waals surface area contributed by atoms with E-state index in [0.29, 0.717) is 19.2 Å². The average Bonchev–Trinajstić information content (AvgIpc) is 2.33. The van der Waals surface area contributed by atoms with Crippen LogP contribution in [0.15, 0.2) is 11.6 Å². The molecule has 0 amide bonds. The van der Waals surface area contributed by atoms with Gasteiger partial charge in [-0.3, -0.25) is 4.90 Å². The van der Waals surface area contributed by atoms with Gasteiger partial charge < -0.3 is 14.9 Å². The highest BCUT2D eigenvalue weighted by molar-refractivity contribution is 6.27. The predicted molar refractivity (Wildman–Crippen MR) is 66.7 cm³/mol. The van der Waals surface area contributed by atoms with Gasteiger partial charge in [-0.05, 0) is 27.3 Å². The van der Waals surface area contributed by atoms with Crippen molar-refractivity contribution in [3.8, 4) is 0 Å². The van der Waals surface area contributed by atoms with E-state index in [-0.39, 0.29) is 5.97 Å². The summed E-state index contributed by atoms with van der Waals surface area (Å²) >= 11 is 0. The van der Waals surface area contributed by atoms with E-state index < -0.39 is 11.9 Å². The molecule has 0 fully saturated rings. The van der Waals surface area contributed by atoms with Gasteiger partial charge in [0, 0.05) is 18.2 Å². The van der Waals surface area contributed by atoms with E-state index in [9.17, 15) is 4.79 Å². The van der Waals surface area contributed by atoms with Crippen molar-refractivity contribution in [1.82, 2.24) is 4.90 Å². The Morgan fingerprint density at radius 3 is 2.26 bits per heavy atom. The van der Waals surface area contributed by atoms with Gasteiger partial charge in [0.1, 0.15) is 0 Å². The van der Waals surface area contributed by atoms with Crippen molar-refractivity contribution in [2.75, 3.05) is 20.2 Å². The van der Waals surface area contributed by atoms with Crippen molar-refractivity contribution in [1.29, 1.82) is 0 Å². The molecule has 7 nitrogen and oxygen atoms in total. The Labute approximate surface area is 111 Å². The first kappa shape index (κ1) is 17.1. The zero-order valence-corrected chi connectivity index (χ0v) is 11.3. The Hall–Kier alpha value is -1.89. The number of carbonyl (C=O) groups is 3. The number of esters is 1. The van der Waals surface area contributed by atoms with Gasteiger partial charge in [0.05, 0.1) is 6.61 Å². The molecule has 1 aliphatic rings. The molecule has 1 unspecified atom stereocenters. The Bertz CT molecular complexity index is 364. The van der Waals surface area contributed by atoms with Crippen molar-refractivity contribution in [2.24, 2.45) is 0 Å². The average molecular weight is 273 g/mol. The number of ether oxygens (including phenoxy) is 1. The first-order valence-electron chi connectivity index (χ1n) is 5.82. The molecule has 0 aromatic heterocycles. The lowest BCUT2D eigenvalue weighted by Gasteiger charge is -2.28. The predicted octanol–water partition coefficient (Wildman–Crippen LogP) is 0.356. The highest BCUT2D eigenvalue weighted by Crippen LogP contribution is 2.14. The van der Waals surface area contributed by atoms with Gasteiger partial charge >= 0.3 is 17.9 Å². The number of rotatable bonds is 2. The molecule has 0 aliphatic carbocycles. The number of nitrogens with zero attached hydrogens (tertiary/aromatic N) is 1. The molecule has 0 saturated heterocycles. The lowest BCUT2D eigenvalue weighted by atomic mass is 10.1. The summed E-state index contributed by atoms with van der Waals surface area (Å²) in [6, 6.07) is 0.526. The van der Waals surface area contributed by atoms with E-state index >= 15 is 0 Å². The number of carboxylic acid groups (broad SMARTS) is 2. The maximum absolute atomic E-state index is 11.3. The molecule has 0 saturated carbocycles. The fourth-order valence-electron chi connectivity index (χ4n) is 1.35. The van der Waals surface area contributed by atoms with Gasteiger partial charge in [0.2, 0.25) is 0 Å². The Morgan fingerprint density at radius 2 is 1.89 bits per heavy atom. The van der Waals surface area contributed by atoms with Crippen molar-refractivity contribution in [3.05, 3.63) is 11.6 Å². The van der Waals surface area contributed by atoms with Crippen LogP contribution in [0.3, 0.4) is 0 Å². The highest BCUT2D eigenvalue weighted by atomic mass is 16.5. The molecule has 1 heterocycles. The van der Waals surface area contributed by atoms with Crippen LogP contribution in [0.5, 0.6) is 0 Å². The number of hydrogen-bond donors (Lipinski definition) is 2. The maximum atomic E-state index is 11.3. The molecule has 2 N–H and O–H groups in total. The number of carbonyl (C=O) groups excluding carboxylic acids is 1. The van der Waals surface area contributed by atoms with Gasteiger partial charge in [-0.1, -0.05) is 6.08 Å². The first-order valence-corrected chi connectivity index (χ1v) is 5.82. The summed E-state index contributed by atoms with van der Waals surface area (Å²) in [4.78, 5) is 31.7. The minimum Gasteiger partial charge on any atom is -0.473 e. The third-order valence-electron chi connectivity index (χ3n) is 2.60. The smallest absolute Gasteiger partial charge is 0.414 e. The van der Waals surface area contributed by atoms with E-state index in [1.165, 1.54) is 0 Å². The zero-order chi connectivity index (χ0) is 15.0. The van der Waals surface area contributed by atoms with Crippen LogP contribution in [0.1, 0.15) is 20.3 Å². The van der Waals surface area contributed by atoms with Gasteiger partial charge in [-0.25, -0.2) is 14.4 Å². The second-order valence-electron chi connectivity index (χ2n) is 4.06. The van der Waals surface area contributed by atoms with Gasteiger partial charge in [0.25, 0.3) is 0 Å². The van der Waals surface area contributed by atoms with Gasteiger partial charge in [-0.15, -0.1) is 0 Å². The normalized spacial score (nSPS) is 18.7. The summed E-state index contributed by atoms with van der Waals surface area (Å²) in [5.41, 5.74) is 0.794. The molecule has 108 valence electrons. The SMILES string of the molecule is CCOC(=O)C1=CCC(C)N(C)C1.O=C(O)C(=O)O. The molecule has 1 rings (SSSR count). The number of carboxylic acids is 2. The van der Waals surface area contributed by atoms with Crippen LogP contribution >= 0.6 is 0 Å². The van der Waals surface area contributed by atoms with Crippen LogP contribution in [-0.2, 0) is 19.1 Å². The maximum Gasteiger partial charge on any atom is 0.414 e. The molecule has 1 atom stereocenters. The fourth-order valence-corrected chi connectivity index (χ4v) is 1.35. The van der Waals surface area contributed by atoms with E-state index in [2.05, 4.69) is 11.8 Å². The molecular formula is C12H19NO6. The number of aliphatic carboxylic acids is 2. The lowest BCUT2D eigenvalue weighted by Crippen LogP contribution is -2.35. The molecule has 0 aromatic carbocycles. The summed E-state index contributed by atoms with van der Waals surface area (Å²) in [6.07, 6.45) is 2.92. The minimum atomic E-state index is -1.82. The second kappa shape index (κ2) is 8.25. The highest BCUT2D eigenvalue weighted by Gasteiger charge is 2.20. The summed E-state index contributed by atoms with van der Waals surface area (Å²) < 4.78 is 4.93. The molecule has 0 aromatic rings. The first-order chi connectivity index (χ1) is 8.79. The summed E-state index contributed by atoms with van der Waals surface area (Å²) in [5.74, 6) is -3.81. The zero-order valence-electron chi connectivity index (χ0n) is 11.3. The summed E-state index contributed by atoms with van der Waals surface area (Å²) in [7, 11) is 2.02. The van der Waals surface area contributed by atoms with Crippen LogP contribution in [-0.4, -0.2) is 59.3 Å². The van der Waals surface area contributed by atoms with E-state index in [1.807, 2.05) is 20.0 Å². The Balaban J connectivity index is 0.000000459. The van der Waals surface area contributed by atoms with E-state index in [4.69, 9.17) is 24.5 Å². The molecule has 0 spiro atoms. The van der Waals surface area contributed by atoms with Crippen LogP contribution < -0.4 is 0 Å². The van der Waals surface area contributed by atoms with Crippen molar-refractivity contribution >= 4 is 17.9 Å². The summed E-state index contributed by atoms with van der Waals surface area (Å²) in [5, 5.41) is 14.8. The Kier molecular flexibility index (Phi) is 7.43. The third-order valence-corrected chi connectivity index (χ3v) is 2.60. The molecule has 1 aliphatic heterocycles. The van der Waals surface area contributed by atoms with Crippen LogP contribution in [0.2, 0.25) is 0 Å². The fraction of sp³-hybridized carbons (Fsp3) is 0.583. The van der Waals surface area contributed by atoms with Crippen molar-refractivity contribution in [3.63, 3.8) is 0 Å². The number of likely N-dealkylation sites (N-methyl/N-ethyl adjacent to an activating group) is 1. The van der Waals surface area contributed by atoms with Gasteiger partial charge in [-0.2, -0.15) is 0 Å². The molecule has 7 heteroatoms. The van der Waals surface area contributed by atoms with Gasteiger partial charge in [0.15, 0.2) is 0 Å². The quantitative estimate of drug-likeness (QED) is 0.552. The molecule has 0 radical (unpaired) electrons. The van der Waals surface area contributed by atoms with Crippen molar-refractivity contribution < 1.29 is 29.3 Å². The molecule has 19 heavy (non-hydrogen) atoms. The molecule has 0 bridgehead atoms. The Morgan fingerprint density at radius 1 is 1.37 bits per heavy atom. The minimum absolute atomic E-state index is 0.166. The van der Waals surface area contributed by atoms with Crippen molar-refractivity contribution in [2.45, 2.75) is 26.3 Å². The third kappa shape index (κ3) is 6.56. The van der Waals surface area contributed by atoms with Crippen LogP contribution in [0, 0.1) is 0 Å². The van der Waals surface area contributed by atoms with E-state index in [1.54, 1.807) is 0 Å². The van der Waals surface area contributed by atoms with Crippen LogP contribution in [0.4, 0.5) is 0 Å². The topological polar surface area (TPSA) is 104 Å². The largest absolute Gasteiger partial charge is 0.473 e. The monoisotopic (exact) mass is 273 g/mol.